The Kier molecular flexibility index (Phi) is 4.87. The van der Waals surface area contributed by atoms with E-state index in [4.69, 9.17) is 5.11 Å². The molecule has 2 rings (SSSR count). The largest absolute Gasteiger partial charge is 0.396 e. The SMILES string of the molecule is OCCCc1cccc(N2CCCCCC2)c1. The Morgan fingerprint density at radius 2 is 1.82 bits per heavy atom. The van der Waals surface area contributed by atoms with Crippen LogP contribution >= 0.6 is 0 Å². The van der Waals surface area contributed by atoms with Gasteiger partial charge < -0.3 is 10.0 Å². The molecule has 1 aromatic carbocycles. The van der Waals surface area contributed by atoms with Crippen molar-refractivity contribution in [2.75, 3.05) is 24.6 Å². The summed E-state index contributed by atoms with van der Waals surface area (Å²) in [7, 11) is 0. The summed E-state index contributed by atoms with van der Waals surface area (Å²) in [6.45, 7) is 2.68. The number of nitrogens with zero attached hydrogens (tertiary/aromatic N) is 1. The summed E-state index contributed by atoms with van der Waals surface area (Å²) in [6.07, 6.45) is 7.24. The molecular weight excluding hydrogens is 210 g/mol. The molecule has 2 nitrogen and oxygen atoms in total. The Morgan fingerprint density at radius 3 is 2.53 bits per heavy atom. The van der Waals surface area contributed by atoms with Crippen LogP contribution in [0.3, 0.4) is 0 Å². The van der Waals surface area contributed by atoms with E-state index in [0.29, 0.717) is 0 Å². The van der Waals surface area contributed by atoms with E-state index in [-0.39, 0.29) is 6.61 Å². The summed E-state index contributed by atoms with van der Waals surface area (Å²) in [6, 6.07) is 8.82. The van der Waals surface area contributed by atoms with Crippen molar-refractivity contribution >= 4 is 5.69 Å². The van der Waals surface area contributed by atoms with Crippen molar-refractivity contribution in [2.45, 2.75) is 38.5 Å². The first kappa shape index (κ1) is 12.4. The summed E-state index contributed by atoms with van der Waals surface area (Å²) in [5, 5.41) is 8.87. The summed E-state index contributed by atoms with van der Waals surface area (Å²) in [5.41, 5.74) is 2.71. The number of aliphatic hydroxyl groups excluding tert-OH is 1. The predicted octanol–water partition coefficient (Wildman–Crippen LogP) is 2.99. The van der Waals surface area contributed by atoms with Crippen LogP contribution in [0.4, 0.5) is 5.69 Å². The van der Waals surface area contributed by atoms with Crippen LogP contribution in [0.25, 0.3) is 0 Å². The molecule has 2 heteroatoms. The zero-order valence-electron chi connectivity index (χ0n) is 10.6. The quantitative estimate of drug-likeness (QED) is 0.864. The van der Waals surface area contributed by atoms with Gasteiger partial charge in [0.05, 0.1) is 0 Å². The van der Waals surface area contributed by atoms with Crippen LogP contribution in [0.15, 0.2) is 24.3 Å². The summed E-state index contributed by atoms with van der Waals surface area (Å²) >= 11 is 0. The zero-order chi connectivity index (χ0) is 11.9. The van der Waals surface area contributed by atoms with Crippen LogP contribution in [-0.2, 0) is 6.42 Å². The lowest BCUT2D eigenvalue weighted by Crippen LogP contribution is -2.23. The molecule has 94 valence electrons. The summed E-state index contributed by atoms with van der Waals surface area (Å²) < 4.78 is 0. The van der Waals surface area contributed by atoms with Gasteiger partial charge in [-0.2, -0.15) is 0 Å². The lowest BCUT2D eigenvalue weighted by atomic mass is 10.1. The zero-order valence-corrected chi connectivity index (χ0v) is 10.6. The molecule has 1 aliphatic rings. The fourth-order valence-corrected chi connectivity index (χ4v) is 2.52. The topological polar surface area (TPSA) is 23.5 Å². The van der Waals surface area contributed by atoms with Crippen LogP contribution in [0.1, 0.15) is 37.7 Å². The van der Waals surface area contributed by atoms with Crippen molar-refractivity contribution in [1.82, 2.24) is 0 Å². The van der Waals surface area contributed by atoms with E-state index >= 15 is 0 Å². The molecule has 0 saturated carbocycles. The van der Waals surface area contributed by atoms with Gasteiger partial charge in [-0.3, -0.25) is 0 Å². The minimum Gasteiger partial charge on any atom is -0.396 e. The highest BCUT2D eigenvalue weighted by atomic mass is 16.2. The summed E-state index contributed by atoms with van der Waals surface area (Å²) in [4.78, 5) is 2.51. The van der Waals surface area contributed by atoms with Gasteiger partial charge in [-0.05, 0) is 43.4 Å². The highest BCUT2D eigenvalue weighted by Crippen LogP contribution is 2.21. The minimum atomic E-state index is 0.286. The number of aliphatic hydroxyl groups is 1. The lowest BCUT2D eigenvalue weighted by molar-refractivity contribution is 0.288. The molecule has 0 bridgehead atoms. The van der Waals surface area contributed by atoms with Gasteiger partial charge in [0.1, 0.15) is 0 Å². The molecule has 1 saturated heterocycles. The van der Waals surface area contributed by atoms with Gasteiger partial charge in [-0.15, -0.1) is 0 Å². The molecule has 1 fully saturated rings. The number of aryl methyl sites for hydroxylation is 1. The van der Waals surface area contributed by atoms with Crippen molar-refractivity contribution in [3.05, 3.63) is 29.8 Å². The van der Waals surface area contributed by atoms with Crippen LogP contribution in [0.2, 0.25) is 0 Å². The molecule has 0 atom stereocenters. The van der Waals surface area contributed by atoms with Gasteiger partial charge in [-0.1, -0.05) is 25.0 Å². The maximum absolute atomic E-state index is 8.87. The second-order valence-corrected chi connectivity index (χ2v) is 4.90. The van der Waals surface area contributed by atoms with E-state index in [1.807, 2.05) is 0 Å². The van der Waals surface area contributed by atoms with Crippen LogP contribution < -0.4 is 4.90 Å². The van der Waals surface area contributed by atoms with Crippen molar-refractivity contribution < 1.29 is 5.11 Å². The molecule has 0 aromatic heterocycles. The Labute approximate surface area is 104 Å². The number of hydrogen-bond acceptors (Lipinski definition) is 2. The van der Waals surface area contributed by atoms with E-state index < -0.39 is 0 Å². The standard InChI is InChI=1S/C15H23NO/c17-12-6-8-14-7-5-9-15(13-14)16-10-3-1-2-4-11-16/h5,7,9,13,17H,1-4,6,8,10-12H2. The van der Waals surface area contributed by atoms with Crippen molar-refractivity contribution in [3.8, 4) is 0 Å². The first-order chi connectivity index (χ1) is 8.40. The Bertz CT molecular complexity index is 329. The Morgan fingerprint density at radius 1 is 1.06 bits per heavy atom. The van der Waals surface area contributed by atoms with Crippen molar-refractivity contribution in [2.24, 2.45) is 0 Å². The van der Waals surface area contributed by atoms with Crippen LogP contribution in [-0.4, -0.2) is 24.8 Å². The highest BCUT2D eigenvalue weighted by molar-refractivity contribution is 5.48. The average molecular weight is 233 g/mol. The van der Waals surface area contributed by atoms with Gasteiger partial charge in [0.2, 0.25) is 0 Å². The number of anilines is 1. The van der Waals surface area contributed by atoms with E-state index in [1.165, 1.54) is 50.0 Å². The maximum Gasteiger partial charge on any atom is 0.0434 e. The first-order valence-corrected chi connectivity index (χ1v) is 6.85. The molecular formula is C15H23NO. The van der Waals surface area contributed by atoms with E-state index in [0.717, 1.165) is 12.8 Å². The molecule has 0 spiro atoms. The second kappa shape index (κ2) is 6.65. The number of rotatable bonds is 4. The normalized spacial score (nSPS) is 16.9. The first-order valence-electron chi connectivity index (χ1n) is 6.85. The minimum absolute atomic E-state index is 0.286. The molecule has 0 aliphatic carbocycles. The van der Waals surface area contributed by atoms with Gasteiger partial charge in [-0.25, -0.2) is 0 Å². The predicted molar refractivity (Wildman–Crippen MR) is 72.5 cm³/mol. The van der Waals surface area contributed by atoms with E-state index in [9.17, 15) is 0 Å². The smallest absolute Gasteiger partial charge is 0.0434 e. The molecule has 0 amide bonds. The molecule has 17 heavy (non-hydrogen) atoms. The molecule has 1 aromatic rings. The Hall–Kier alpha value is -1.02. The fourth-order valence-electron chi connectivity index (χ4n) is 2.52. The monoisotopic (exact) mass is 233 g/mol. The molecule has 1 heterocycles. The maximum atomic E-state index is 8.87. The average Bonchev–Trinajstić information content (AvgIpc) is 2.65. The highest BCUT2D eigenvalue weighted by Gasteiger charge is 2.09. The molecule has 1 N–H and O–H groups in total. The van der Waals surface area contributed by atoms with E-state index in [1.54, 1.807) is 0 Å². The van der Waals surface area contributed by atoms with Crippen molar-refractivity contribution in [3.63, 3.8) is 0 Å². The molecule has 0 radical (unpaired) electrons. The van der Waals surface area contributed by atoms with E-state index in [2.05, 4.69) is 29.2 Å². The van der Waals surface area contributed by atoms with Crippen molar-refractivity contribution in [1.29, 1.82) is 0 Å². The van der Waals surface area contributed by atoms with Gasteiger partial charge in [0.25, 0.3) is 0 Å². The third kappa shape index (κ3) is 3.74. The van der Waals surface area contributed by atoms with Crippen LogP contribution in [0, 0.1) is 0 Å². The third-order valence-corrected chi connectivity index (χ3v) is 3.51. The molecule has 0 unspecified atom stereocenters. The van der Waals surface area contributed by atoms with Gasteiger partial charge in [0, 0.05) is 25.4 Å². The van der Waals surface area contributed by atoms with Crippen LogP contribution in [0.5, 0.6) is 0 Å². The summed E-state index contributed by atoms with van der Waals surface area (Å²) in [5.74, 6) is 0. The number of benzene rings is 1. The number of hydrogen-bond donors (Lipinski definition) is 1. The second-order valence-electron chi connectivity index (χ2n) is 4.90. The Balaban J connectivity index is 2.03. The third-order valence-electron chi connectivity index (χ3n) is 3.51. The molecule has 1 aliphatic heterocycles. The lowest BCUT2D eigenvalue weighted by Gasteiger charge is -2.23. The van der Waals surface area contributed by atoms with Gasteiger partial charge >= 0.3 is 0 Å². The van der Waals surface area contributed by atoms with Gasteiger partial charge in [0.15, 0.2) is 0 Å². The fraction of sp³-hybridized carbons (Fsp3) is 0.600.